The van der Waals surface area contributed by atoms with Crippen molar-refractivity contribution in [1.82, 2.24) is 14.9 Å². The topological polar surface area (TPSA) is 88.0 Å². The van der Waals surface area contributed by atoms with Gasteiger partial charge in [0.15, 0.2) is 5.82 Å². The van der Waals surface area contributed by atoms with Gasteiger partial charge >= 0.3 is 0 Å². The zero-order valence-corrected chi connectivity index (χ0v) is 22.1. The average molecular weight is 562 g/mol. The number of anilines is 1. The van der Waals surface area contributed by atoms with Crippen LogP contribution in [-0.4, -0.2) is 57.6 Å². The van der Waals surface area contributed by atoms with Crippen LogP contribution in [0.4, 0.5) is 24.0 Å². The van der Waals surface area contributed by atoms with Crippen molar-refractivity contribution < 1.29 is 26.3 Å². The van der Waals surface area contributed by atoms with Gasteiger partial charge in [-0.15, -0.1) is 0 Å². The molecule has 13 heteroatoms. The van der Waals surface area contributed by atoms with Crippen molar-refractivity contribution in [3.8, 4) is 21.7 Å². The molecule has 0 atom stereocenters. The predicted molar refractivity (Wildman–Crippen MR) is 140 cm³/mol. The number of aromatic nitrogens is 2. The van der Waals surface area contributed by atoms with Gasteiger partial charge in [0.25, 0.3) is 10.0 Å². The molecule has 0 unspecified atom stereocenters. The van der Waals surface area contributed by atoms with E-state index in [-0.39, 0.29) is 11.3 Å². The van der Waals surface area contributed by atoms with Gasteiger partial charge in [-0.05, 0) is 48.0 Å². The molecule has 0 aliphatic rings. The first-order valence-corrected chi connectivity index (χ1v) is 13.3. The Bertz CT molecular complexity index is 1580. The van der Waals surface area contributed by atoms with E-state index in [1.54, 1.807) is 49.9 Å². The highest BCUT2D eigenvalue weighted by molar-refractivity contribution is 7.92. The Hall–Kier alpha value is -3.81. The van der Waals surface area contributed by atoms with Crippen molar-refractivity contribution in [2.45, 2.75) is 4.90 Å². The number of ether oxygens (including phenoxy) is 1. The summed E-state index contributed by atoms with van der Waals surface area (Å²) in [5, 5.41) is 0.341. The number of hydrogen-bond donors (Lipinski definition) is 0. The quantitative estimate of drug-likeness (QED) is 0.156. The second kappa shape index (κ2) is 11.3. The van der Waals surface area contributed by atoms with Crippen LogP contribution in [0.2, 0.25) is 0 Å². The molecule has 2 aromatic heterocycles. The normalized spacial score (nSPS) is 11.7. The minimum atomic E-state index is -4.77. The maximum atomic E-state index is 16.2. The number of nitrogens with zero attached hydrogens (tertiary/aromatic N) is 5. The van der Waals surface area contributed by atoms with Crippen LogP contribution in [0.1, 0.15) is 0 Å². The molecule has 0 fully saturated rings. The van der Waals surface area contributed by atoms with Gasteiger partial charge < -0.3 is 9.64 Å². The van der Waals surface area contributed by atoms with Gasteiger partial charge in [-0.2, -0.15) is 0 Å². The Kier molecular flexibility index (Phi) is 8.09. The van der Waals surface area contributed by atoms with E-state index in [0.29, 0.717) is 32.0 Å². The molecular formula is C25H22F3N5O3S2. The number of pyridine rings is 1. The first-order chi connectivity index (χ1) is 18.1. The molecule has 0 aliphatic carbocycles. The van der Waals surface area contributed by atoms with E-state index in [4.69, 9.17) is 4.74 Å². The molecule has 198 valence electrons. The lowest BCUT2D eigenvalue weighted by molar-refractivity contribution is 0.209. The minimum absolute atomic E-state index is 0.0205. The van der Waals surface area contributed by atoms with Gasteiger partial charge in [-0.25, -0.2) is 35.9 Å². The average Bonchev–Trinajstić information content (AvgIpc) is 3.32. The Labute approximate surface area is 221 Å². The molecule has 4 rings (SSSR count). The fourth-order valence-electron chi connectivity index (χ4n) is 3.48. The SMILES string of the molecule is COCN(c1cccc(-c2nc(/N=C/N(C)C)sc2-c2ccncc2)c1F)S(=O)(=O)c1cc(F)ccc1F. The Morgan fingerprint density at radius 2 is 1.82 bits per heavy atom. The summed E-state index contributed by atoms with van der Waals surface area (Å²) in [6.07, 6.45) is 4.70. The first-order valence-electron chi connectivity index (χ1n) is 11.0. The number of sulfonamides is 1. The van der Waals surface area contributed by atoms with Crippen LogP contribution in [0.5, 0.6) is 0 Å². The van der Waals surface area contributed by atoms with E-state index in [1.807, 2.05) is 0 Å². The van der Waals surface area contributed by atoms with Gasteiger partial charge in [0.1, 0.15) is 23.3 Å². The number of hydrogen-bond acceptors (Lipinski definition) is 7. The molecule has 0 aliphatic heterocycles. The van der Waals surface area contributed by atoms with Crippen molar-refractivity contribution in [1.29, 1.82) is 0 Å². The molecule has 0 N–H and O–H groups in total. The van der Waals surface area contributed by atoms with Gasteiger partial charge in [0.05, 0.1) is 22.6 Å². The van der Waals surface area contributed by atoms with Crippen molar-refractivity contribution in [3.63, 3.8) is 0 Å². The third-order valence-electron chi connectivity index (χ3n) is 5.17. The molecule has 0 radical (unpaired) electrons. The summed E-state index contributed by atoms with van der Waals surface area (Å²) in [6.45, 7) is -0.661. The van der Waals surface area contributed by atoms with Gasteiger partial charge in [-0.3, -0.25) is 4.98 Å². The molecule has 8 nitrogen and oxygen atoms in total. The fourth-order valence-corrected chi connectivity index (χ4v) is 5.87. The van der Waals surface area contributed by atoms with E-state index in [9.17, 15) is 17.2 Å². The summed E-state index contributed by atoms with van der Waals surface area (Å²) in [5.41, 5.74) is 0.470. The maximum Gasteiger partial charge on any atom is 0.269 e. The van der Waals surface area contributed by atoms with Crippen LogP contribution in [-0.2, 0) is 14.8 Å². The highest BCUT2D eigenvalue weighted by Gasteiger charge is 2.32. The molecule has 2 aromatic carbocycles. The number of rotatable bonds is 9. The summed E-state index contributed by atoms with van der Waals surface area (Å²) >= 11 is 1.21. The summed E-state index contributed by atoms with van der Waals surface area (Å²) in [7, 11) is 0.00753. The summed E-state index contributed by atoms with van der Waals surface area (Å²) in [5.74, 6) is -3.10. The highest BCUT2D eigenvalue weighted by Crippen LogP contribution is 2.42. The van der Waals surface area contributed by atoms with E-state index in [2.05, 4.69) is 15.0 Å². The second-order valence-electron chi connectivity index (χ2n) is 8.10. The van der Waals surface area contributed by atoms with Gasteiger partial charge in [0, 0.05) is 39.2 Å². The molecule has 0 bridgehead atoms. The summed E-state index contributed by atoms with van der Waals surface area (Å²) < 4.78 is 76.7. The largest absolute Gasteiger partial charge is 0.369 e. The molecule has 0 amide bonds. The van der Waals surface area contributed by atoms with Crippen molar-refractivity contribution in [3.05, 3.63) is 78.4 Å². The number of benzene rings is 2. The third-order valence-corrected chi connectivity index (χ3v) is 7.93. The number of halogens is 3. The van der Waals surface area contributed by atoms with Crippen LogP contribution >= 0.6 is 11.3 Å². The van der Waals surface area contributed by atoms with Crippen LogP contribution in [0.15, 0.2) is 70.8 Å². The van der Waals surface area contributed by atoms with Crippen LogP contribution in [0, 0.1) is 17.5 Å². The van der Waals surface area contributed by atoms with E-state index in [1.165, 1.54) is 36.6 Å². The smallest absolute Gasteiger partial charge is 0.269 e. The highest BCUT2D eigenvalue weighted by atomic mass is 32.2. The molecule has 0 saturated carbocycles. The molecular weight excluding hydrogens is 539 g/mol. The van der Waals surface area contributed by atoms with Crippen LogP contribution in [0.25, 0.3) is 21.7 Å². The Morgan fingerprint density at radius 3 is 2.50 bits per heavy atom. The number of aliphatic imine (C=N–C) groups is 1. The third kappa shape index (κ3) is 5.54. The summed E-state index contributed by atoms with van der Waals surface area (Å²) in [6, 6.07) is 9.55. The lowest BCUT2D eigenvalue weighted by Crippen LogP contribution is -2.34. The van der Waals surface area contributed by atoms with Crippen molar-refractivity contribution >= 4 is 38.5 Å². The zero-order valence-electron chi connectivity index (χ0n) is 20.5. The monoisotopic (exact) mass is 561 g/mol. The minimum Gasteiger partial charge on any atom is -0.369 e. The van der Waals surface area contributed by atoms with Crippen LogP contribution < -0.4 is 4.31 Å². The Morgan fingerprint density at radius 1 is 1.08 bits per heavy atom. The number of thiazole rings is 1. The maximum absolute atomic E-state index is 16.2. The standard InChI is InChI=1S/C25H22F3N5O3S2/c1-32(2)14-30-25-31-23(24(37-25)16-9-11-29-12-10-16)18-5-4-6-20(22(18)28)33(15-36-3)38(34,35)21-13-17(26)7-8-19(21)27/h4-14H,15H2,1-3H3/b30-14+. The van der Waals surface area contributed by atoms with Gasteiger partial charge in [-0.1, -0.05) is 17.4 Å². The van der Waals surface area contributed by atoms with E-state index < -0.39 is 44.8 Å². The zero-order chi connectivity index (χ0) is 27.4. The number of methoxy groups -OCH3 is 1. The van der Waals surface area contributed by atoms with Crippen LogP contribution in [0.3, 0.4) is 0 Å². The van der Waals surface area contributed by atoms with Gasteiger partial charge in [0.2, 0.25) is 5.13 Å². The van der Waals surface area contributed by atoms with E-state index >= 15 is 4.39 Å². The molecule has 4 aromatic rings. The second-order valence-corrected chi connectivity index (χ2v) is 10.9. The van der Waals surface area contributed by atoms with Crippen molar-refractivity contribution in [2.75, 3.05) is 32.2 Å². The molecule has 0 saturated heterocycles. The molecule has 0 spiro atoms. The molecule has 2 heterocycles. The lowest BCUT2D eigenvalue weighted by atomic mass is 10.1. The Balaban J connectivity index is 1.90. The first kappa shape index (κ1) is 27.2. The van der Waals surface area contributed by atoms with Crippen molar-refractivity contribution in [2.24, 2.45) is 4.99 Å². The predicted octanol–water partition coefficient (Wildman–Crippen LogP) is 5.31. The van der Waals surface area contributed by atoms with E-state index in [0.717, 1.165) is 6.07 Å². The molecule has 38 heavy (non-hydrogen) atoms. The fraction of sp³-hybridized carbons (Fsp3) is 0.160. The summed E-state index contributed by atoms with van der Waals surface area (Å²) in [4.78, 5) is 14.2. The lowest BCUT2D eigenvalue weighted by Gasteiger charge is -2.25.